The SMILES string of the molecule is COc1cc(C(=O)Nc2sc3c(c2C(N)=O)CC[C@H](C)C3)cc(OC)c1OC. The molecule has 3 N–H and O–H groups in total. The number of nitrogens with two attached hydrogens (primary N) is 1. The highest BCUT2D eigenvalue weighted by molar-refractivity contribution is 7.17. The van der Waals surface area contributed by atoms with Crippen molar-refractivity contribution in [2.45, 2.75) is 26.2 Å². The van der Waals surface area contributed by atoms with Crippen molar-refractivity contribution in [1.82, 2.24) is 0 Å². The van der Waals surface area contributed by atoms with Gasteiger partial charge in [0, 0.05) is 10.4 Å². The molecule has 28 heavy (non-hydrogen) atoms. The number of primary amides is 1. The molecule has 1 aliphatic carbocycles. The number of hydrogen-bond donors (Lipinski definition) is 2. The van der Waals surface area contributed by atoms with Crippen LogP contribution in [0, 0.1) is 5.92 Å². The molecule has 1 aliphatic rings. The van der Waals surface area contributed by atoms with Gasteiger partial charge in [-0.25, -0.2) is 0 Å². The second-order valence-electron chi connectivity index (χ2n) is 6.79. The van der Waals surface area contributed by atoms with E-state index in [1.807, 2.05) is 0 Å². The first-order valence-corrected chi connectivity index (χ1v) is 9.76. The molecule has 0 saturated heterocycles. The monoisotopic (exact) mass is 404 g/mol. The van der Waals surface area contributed by atoms with Crippen LogP contribution in [0.25, 0.3) is 0 Å². The number of rotatable bonds is 6. The Bertz CT molecular complexity index is 897. The Balaban J connectivity index is 1.97. The van der Waals surface area contributed by atoms with Crippen LogP contribution in [0.1, 0.15) is 44.5 Å². The predicted octanol–water partition coefficient (Wildman–Crippen LogP) is 3.25. The minimum absolute atomic E-state index is 0.324. The molecule has 1 aromatic heterocycles. The molecular weight excluding hydrogens is 380 g/mol. The van der Waals surface area contributed by atoms with Crippen LogP contribution in [0.2, 0.25) is 0 Å². The summed E-state index contributed by atoms with van der Waals surface area (Å²) in [6.07, 6.45) is 2.69. The molecule has 1 aromatic carbocycles. The topological polar surface area (TPSA) is 99.9 Å². The van der Waals surface area contributed by atoms with Crippen molar-refractivity contribution < 1.29 is 23.8 Å². The van der Waals surface area contributed by atoms with Crippen LogP contribution in [0.3, 0.4) is 0 Å². The van der Waals surface area contributed by atoms with Crippen LogP contribution < -0.4 is 25.3 Å². The van der Waals surface area contributed by atoms with Crippen LogP contribution in [-0.4, -0.2) is 33.1 Å². The number of fused-ring (bicyclic) bond motifs is 1. The molecule has 1 heterocycles. The van der Waals surface area contributed by atoms with E-state index in [9.17, 15) is 9.59 Å². The van der Waals surface area contributed by atoms with E-state index in [1.54, 1.807) is 12.1 Å². The third-order valence-corrected chi connectivity index (χ3v) is 6.08. The maximum Gasteiger partial charge on any atom is 0.256 e. The molecule has 3 rings (SSSR count). The minimum atomic E-state index is -0.521. The molecular formula is C20H24N2O5S. The maximum atomic E-state index is 12.9. The zero-order valence-electron chi connectivity index (χ0n) is 16.4. The van der Waals surface area contributed by atoms with E-state index in [1.165, 1.54) is 32.7 Å². The van der Waals surface area contributed by atoms with Gasteiger partial charge in [-0.3, -0.25) is 9.59 Å². The number of thiophene rings is 1. The lowest BCUT2D eigenvalue weighted by molar-refractivity contribution is 0.1000. The van der Waals surface area contributed by atoms with Gasteiger partial charge in [-0.2, -0.15) is 0 Å². The van der Waals surface area contributed by atoms with Crippen LogP contribution in [-0.2, 0) is 12.8 Å². The molecule has 0 aliphatic heterocycles. The summed E-state index contributed by atoms with van der Waals surface area (Å²) in [6, 6.07) is 3.13. The summed E-state index contributed by atoms with van der Waals surface area (Å²) < 4.78 is 15.9. The molecule has 7 nitrogen and oxygen atoms in total. The first kappa shape index (κ1) is 20.0. The van der Waals surface area contributed by atoms with Gasteiger partial charge >= 0.3 is 0 Å². The van der Waals surface area contributed by atoms with Gasteiger partial charge in [0.15, 0.2) is 11.5 Å². The quantitative estimate of drug-likeness (QED) is 0.770. The minimum Gasteiger partial charge on any atom is -0.493 e. The van der Waals surface area contributed by atoms with Crippen molar-refractivity contribution in [3.63, 3.8) is 0 Å². The highest BCUT2D eigenvalue weighted by Gasteiger charge is 2.28. The number of anilines is 1. The Kier molecular flexibility index (Phi) is 5.79. The Morgan fingerprint density at radius 2 is 1.79 bits per heavy atom. The third kappa shape index (κ3) is 3.64. The number of amides is 2. The van der Waals surface area contributed by atoms with Crippen molar-refractivity contribution in [3.8, 4) is 17.2 Å². The smallest absolute Gasteiger partial charge is 0.256 e. The second-order valence-corrected chi connectivity index (χ2v) is 7.89. The molecule has 0 spiro atoms. The molecule has 0 bridgehead atoms. The lowest BCUT2D eigenvalue weighted by atomic mass is 9.88. The van der Waals surface area contributed by atoms with Gasteiger partial charge in [0.05, 0.1) is 26.9 Å². The summed E-state index contributed by atoms with van der Waals surface area (Å²) in [5.41, 5.74) is 7.34. The fourth-order valence-corrected chi connectivity index (χ4v) is 4.90. The Labute approximate surface area is 167 Å². The Morgan fingerprint density at radius 3 is 2.32 bits per heavy atom. The van der Waals surface area contributed by atoms with E-state index >= 15 is 0 Å². The average Bonchev–Trinajstić information content (AvgIpc) is 3.03. The molecule has 0 unspecified atom stereocenters. The van der Waals surface area contributed by atoms with Crippen LogP contribution in [0.5, 0.6) is 17.2 Å². The van der Waals surface area contributed by atoms with Gasteiger partial charge < -0.3 is 25.3 Å². The number of nitrogens with one attached hydrogen (secondary N) is 1. The van der Waals surface area contributed by atoms with E-state index in [0.717, 1.165) is 29.7 Å². The number of carbonyl (C=O) groups excluding carboxylic acids is 2. The standard InChI is InChI=1S/C20H24N2O5S/c1-10-5-6-12-15(7-10)28-20(16(12)18(21)23)22-19(24)11-8-13(25-2)17(27-4)14(9-11)26-3/h8-10H,5-7H2,1-4H3,(H2,21,23)(H,22,24)/t10-/m0/s1. The first-order chi connectivity index (χ1) is 13.4. The van der Waals surface area contributed by atoms with Gasteiger partial charge in [0.25, 0.3) is 11.8 Å². The van der Waals surface area contributed by atoms with Gasteiger partial charge in [-0.1, -0.05) is 6.92 Å². The normalized spacial score (nSPS) is 15.5. The van der Waals surface area contributed by atoms with E-state index in [0.29, 0.717) is 39.3 Å². The van der Waals surface area contributed by atoms with Crippen LogP contribution >= 0.6 is 11.3 Å². The van der Waals surface area contributed by atoms with E-state index < -0.39 is 5.91 Å². The summed E-state index contributed by atoms with van der Waals surface area (Å²) in [4.78, 5) is 26.1. The zero-order chi connectivity index (χ0) is 20.4. The highest BCUT2D eigenvalue weighted by Crippen LogP contribution is 2.41. The lowest BCUT2D eigenvalue weighted by Gasteiger charge is -2.18. The Morgan fingerprint density at radius 1 is 1.14 bits per heavy atom. The van der Waals surface area contributed by atoms with Crippen molar-refractivity contribution >= 4 is 28.2 Å². The molecule has 0 saturated carbocycles. The molecule has 150 valence electrons. The molecule has 2 aromatic rings. The predicted molar refractivity (Wildman–Crippen MR) is 108 cm³/mol. The van der Waals surface area contributed by atoms with E-state index in [-0.39, 0.29) is 5.91 Å². The average molecular weight is 404 g/mol. The first-order valence-electron chi connectivity index (χ1n) is 8.95. The van der Waals surface area contributed by atoms with Crippen LogP contribution in [0.4, 0.5) is 5.00 Å². The van der Waals surface area contributed by atoms with Gasteiger partial charge in [-0.05, 0) is 42.9 Å². The largest absolute Gasteiger partial charge is 0.493 e. The number of benzene rings is 1. The summed E-state index contributed by atoms with van der Waals surface area (Å²) in [5, 5.41) is 3.34. The van der Waals surface area contributed by atoms with E-state index in [4.69, 9.17) is 19.9 Å². The van der Waals surface area contributed by atoms with Gasteiger partial charge in [0.1, 0.15) is 5.00 Å². The van der Waals surface area contributed by atoms with Crippen molar-refractivity contribution in [3.05, 3.63) is 33.7 Å². The number of hydrogen-bond acceptors (Lipinski definition) is 6. The fraction of sp³-hybridized carbons (Fsp3) is 0.400. The molecule has 0 radical (unpaired) electrons. The number of ether oxygens (including phenoxy) is 3. The van der Waals surface area contributed by atoms with E-state index in [2.05, 4.69) is 12.2 Å². The third-order valence-electron chi connectivity index (χ3n) is 4.91. The Hall–Kier alpha value is -2.74. The zero-order valence-corrected chi connectivity index (χ0v) is 17.2. The van der Waals surface area contributed by atoms with Crippen molar-refractivity contribution in [1.29, 1.82) is 0 Å². The van der Waals surface area contributed by atoms with Crippen LogP contribution in [0.15, 0.2) is 12.1 Å². The summed E-state index contributed by atoms with van der Waals surface area (Å²) in [6.45, 7) is 2.18. The fourth-order valence-electron chi connectivity index (χ4n) is 3.49. The molecule has 8 heteroatoms. The van der Waals surface area contributed by atoms with Gasteiger partial charge in [-0.15, -0.1) is 11.3 Å². The molecule has 1 atom stereocenters. The second kappa shape index (κ2) is 8.10. The van der Waals surface area contributed by atoms with Crippen molar-refractivity contribution in [2.75, 3.05) is 26.6 Å². The summed E-state index contributed by atoms with van der Waals surface area (Å²) in [5.74, 6) is 0.800. The maximum absolute atomic E-state index is 12.9. The lowest BCUT2D eigenvalue weighted by Crippen LogP contribution is -2.19. The number of methoxy groups -OCH3 is 3. The highest BCUT2D eigenvalue weighted by atomic mass is 32.1. The number of carbonyl (C=O) groups is 2. The molecule has 2 amide bonds. The summed E-state index contributed by atoms with van der Waals surface area (Å²) >= 11 is 1.42. The summed E-state index contributed by atoms with van der Waals surface area (Å²) in [7, 11) is 4.47. The van der Waals surface area contributed by atoms with Gasteiger partial charge in [0.2, 0.25) is 5.75 Å². The molecule has 0 fully saturated rings. The van der Waals surface area contributed by atoms with Crippen molar-refractivity contribution in [2.24, 2.45) is 11.7 Å².